The summed E-state index contributed by atoms with van der Waals surface area (Å²) in [4.78, 5) is 12.0. The lowest BCUT2D eigenvalue weighted by molar-refractivity contribution is 0.0977. The maximum absolute atomic E-state index is 12.8. The molecule has 0 saturated carbocycles. The van der Waals surface area contributed by atoms with Crippen LogP contribution in [-0.4, -0.2) is 17.1 Å². The van der Waals surface area contributed by atoms with Gasteiger partial charge in [-0.2, -0.15) is 0 Å². The Balaban J connectivity index is 1.91. The predicted molar refractivity (Wildman–Crippen MR) is 92.3 cm³/mol. The van der Waals surface area contributed by atoms with Crippen molar-refractivity contribution in [3.63, 3.8) is 0 Å². The molecule has 2 aromatic rings. The molecule has 0 unspecified atom stereocenters. The highest BCUT2D eigenvalue weighted by Crippen LogP contribution is 2.16. The molecule has 120 valence electrons. The molecule has 1 amide bonds. The van der Waals surface area contributed by atoms with E-state index in [-0.39, 0.29) is 11.2 Å². The number of ether oxygens (including phenoxy) is 1. The molecule has 4 nitrogen and oxygen atoms in total. The molecule has 0 bridgehead atoms. The molecule has 0 aliphatic rings. The number of hydrogen-bond acceptors (Lipinski definition) is 3. The first-order valence-electron chi connectivity index (χ1n) is 7.08. The van der Waals surface area contributed by atoms with Gasteiger partial charge in [-0.05, 0) is 74.6 Å². The number of thiocarbonyl (C=S) groups is 1. The highest BCUT2D eigenvalue weighted by Gasteiger charge is 2.08. The summed E-state index contributed by atoms with van der Waals surface area (Å²) < 4.78 is 18.4. The molecule has 2 aromatic carbocycles. The molecule has 0 spiro atoms. The van der Waals surface area contributed by atoms with E-state index in [9.17, 15) is 9.18 Å². The van der Waals surface area contributed by atoms with Gasteiger partial charge in [0.25, 0.3) is 5.91 Å². The second-order valence-electron chi connectivity index (χ2n) is 5.11. The van der Waals surface area contributed by atoms with E-state index < -0.39 is 11.7 Å². The van der Waals surface area contributed by atoms with Crippen LogP contribution in [0.5, 0.6) is 5.75 Å². The molecule has 0 aliphatic heterocycles. The molecule has 0 fully saturated rings. The maximum atomic E-state index is 12.8. The number of amides is 1. The summed E-state index contributed by atoms with van der Waals surface area (Å²) >= 11 is 5.09. The summed E-state index contributed by atoms with van der Waals surface area (Å²) in [5.74, 6) is -0.0416. The second-order valence-corrected chi connectivity index (χ2v) is 5.51. The summed E-state index contributed by atoms with van der Waals surface area (Å²) in [6, 6.07) is 12.5. The lowest BCUT2D eigenvalue weighted by Gasteiger charge is -2.12. The van der Waals surface area contributed by atoms with Gasteiger partial charge in [0.2, 0.25) is 0 Å². The van der Waals surface area contributed by atoms with Crippen molar-refractivity contribution < 1.29 is 13.9 Å². The van der Waals surface area contributed by atoms with Crippen LogP contribution in [0.2, 0.25) is 0 Å². The van der Waals surface area contributed by atoms with Gasteiger partial charge in [-0.15, -0.1) is 0 Å². The Morgan fingerprint density at radius 3 is 2.26 bits per heavy atom. The van der Waals surface area contributed by atoms with Crippen molar-refractivity contribution in [1.29, 1.82) is 0 Å². The first-order chi connectivity index (χ1) is 10.9. The van der Waals surface area contributed by atoms with Crippen molar-refractivity contribution in [2.75, 3.05) is 5.32 Å². The Labute approximate surface area is 139 Å². The molecule has 6 heteroatoms. The second kappa shape index (κ2) is 7.69. The molecule has 0 heterocycles. The third-order valence-corrected chi connectivity index (χ3v) is 3.02. The van der Waals surface area contributed by atoms with E-state index in [2.05, 4.69) is 10.6 Å². The lowest BCUT2D eigenvalue weighted by Crippen LogP contribution is -2.34. The highest BCUT2D eigenvalue weighted by molar-refractivity contribution is 7.80. The third kappa shape index (κ3) is 5.34. The number of hydrogen-bond donors (Lipinski definition) is 2. The summed E-state index contributed by atoms with van der Waals surface area (Å²) in [7, 11) is 0. The van der Waals surface area contributed by atoms with Gasteiger partial charge in [-0.1, -0.05) is 0 Å². The van der Waals surface area contributed by atoms with Crippen molar-refractivity contribution in [2.24, 2.45) is 0 Å². The van der Waals surface area contributed by atoms with E-state index >= 15 is 0 Å². The molecule has 0 aliphatic carbocycles. The number of halogens is 1. The normalized spacial score (nSPS) is 10.3. The zero-order valence-electron chi connectivity index (χ0n) is 12.8. The van der Waals surface area contributed by atoms with E-state index in [4.69, 9.17) is 17.0 Å². The fraction of sp³-hybridized carbons (Fsp3) is 0.176. The number of anilines is 1. The van der Waals surface area contributed by atoms with Crippen LogP contribution in [0.1, 0.15) is 24.2 Å². The minimum atomic E-state index is -0.401. The maximum Gasteiger partial charge on any atom is 0.257 e. The van der Waals surface area contributed by atoms with Crippen LogP contribution in [0.15, 0.2) is 48.5 Å². The zero-order chi connectivity index (χ0) is 16.8. The van der Waals surface area contributed by atoms with E-state index in [0.717, 1.165) is 11.4 Å². The number of benzene rings is 2. The molecule has 2 rings (SSSR count). The minimum Gasteiger partial charge on any atom is -0.491 e. The Kier molecular flexibility index (Phi) is 5.65. The lowest BCUT2D eigenvalue weighted by atomic mass is 10.2. The first-order valence-corrected chi connectivity index (χ1v) is 7.49. The molecule has 23 heavy (non-hydrogen) atoms. The van der Waals surface area contributed by atoms with Crippen LogP contribution in [-0.2, 0) is 0 Å². The standard InChI is InChI=1S/C17H17FN2O2S/c1-11(2)22-15-9-7-14(8-10-15)19-17(23)20-16(21)12-3-5-13(18)6-4-12/h3-11H,1-2H3,(H2,19,20,21,23). The SMILES string of the molecule is CC(C)Oc1ccc(NC(=S)NC(=O)c2ccc(F)cc2)cc1. The molecule has 0 radical (unpaired) electrons. The number of nitrogens with one attached hydrogen (secondary N) is 2. The quantitative estimate of drug-likeness (QED) is 0.838. The van der Waals surface area contributed by atoms with Gasteiger partial charge in [0.15, 0.2) is 5.11 Å². The Morgan fingerprint density at radius 1 is 1.09 bits per heavy atom. The van der Waals surface area contributed by atoms with Crippen molar-refractivity contribution in [2.45, 2.75) is 20.0 Å². The van der Waals surface area contributed by atoms with Crippen molar-refractivity contribution in [1.82, 2.24) is 5.32 Å². The van der Waals surface area contributed by atoms with Crippen LogP contribution in [0.3, 0.4) is 0 Å². The predicted octanol–water partition coefficient (Wildman–Crippen LogP) is 3.74. The molecule has 0 atom stereocenters. The molecular weight excluding hydrogens is 315 g/mol. The Morgan fingerprint density at radius 2 is 1.70 bits per heavy atom. The molecule has 0 aromatic heterocycles. The summed E-state index contributed by atoms with van der Waals surface area (Å²) in [5, 5.41) is 5.61. The van der Waals surface area contributed by atoms with E-state index in [1.165, 1.54) is 24.3 Å². The third-order valence-electron chi connectivity index (χ3n) is 2.82. The number of rotatable bonds is 4. The van der Waals surface area contributed by atoms with Crippen LogP contribution in [0, 0.1) is 5.82 Å². The zero-order valence-corrected chi connectivity index (χ0v) is 13.6. The molecule has 2 N–H and O–H groups in total. The van der Waals surface area contributed by atoms with Crippen LogP contribution >= 0.6 is 12.2 Å². The molecule has 0 saturated heterocycles. The van der Waals surface area contributed by atoms with Crippen LogP contribution in [0.4, 0.5) is 10.1 Å². The highest BCUT2D eigenvalue weighted by atomic mass is 32.1. The van der Waals surface area contributed by atoms with Crippen LogP contribution < -0.4 is 15.4 Å². The fourth-order valence-electron chi connectivity index (χ4n) is 1.83. The van der Waals surface area contributed by atoms with E-state index in [0.29, 0.717) is 5.56 Å². The number of carbonyl (C=O) groups excluding carboxylic acids is 1. The Bertz CT molecular complexity index is 685. The van der Waals surface area contributed by atoms with E-state index in [1.807, 2.05) is 26.0 Å². The van der Waals surface area contributed by atoms with E-state index in [1.54, 1.807) is 12.1 Å². The molecular formula is C17H17FN2O2S. The average Bonchev–Trinajstić information content (AvgIpc) is 2.49. The van der Waals surface area contributed by atoms with Gasteiger partial charge in [-0.25, -0.2) is 4.39 Å². The summed E-state index contributed by atoms with van der Waals surface area (Å²) in [6.45, 7) is 3.90. The minimum absolute atomic E-state index is 0.102. The van der Waals surface area contributed by atoms with Crippen molar-refractivity contribution in [3.05, 3.63) is 59.9 Å². The average molecular weight is 332 g/mol. The van der Waals surface area contributed by atoms with Gasteiger partial charge >= 0.3 is 0 Å². The smallest absolute Gasteiger partial charge is 0.257 e. The van der Waals surface area contributed by atoms with Crippen LogP contribution in [0.25, 0.3) is 0 Å². The first kappa shape index (κ1) is 16.9. The van der Waals surface area contributed by atoms with Gasteiger partial charge < -0.3 is 10.1 Å². The number of carbonyl (C=O) groups is 1. The van der Waals surface area contributed by atoms with Gasteiger partial charge in [0.1, 0.15) is 11.6 Å². The summed E-state index contributed by atoms with van der Waals surface area (Å²) in [6.07, 6.45) is 0.102. The summed E-state index contributed by atoms with van der Waals surface area (Å²) in [5.41, 5.74) is 1.06. The largest absolute Gasteiger partial charge is 0.491 e. The monoisotopic (exact) mass is 332 g/mol. The van der Waals surface area contributed by atoms with Gasteiger partial charge in [0.05, 0.1) is 6.10 Å². The Hall–Kier alpha value is -2.47. The van der Waals surface area contributed by atoms with Crippen molar-refractivity contribution in [3.8, 4) is 5.75 Å². The topological polar surface area (TPSA) is 50.4 Å². The fourth-order valence-corrected chi connectivity index (χ4v) is 2.04. The van der Waals surface area contributed by atoms with Crippen molar-refractivity contribution >= 4 is 28.9 Å². The van der Waals surface area contributed by atoms with Gasteiger partial charge in [-0.3, -0.25) is 10.1 Å². The van der Waals surface area contributed by atoms with Gasteiger partial charge in [0, 0.05) is 11.3 Å².